The van der Waals surface area contributed by atoms with E-state index in [0.29, 0.717) is 24.3 Å². The van der Waals surface area contributed by atoms with Gasteiger partial charge in [0.25, 0.3) is 0 Å². The molecule has 0 aromatic carbocycles. The average Bonchev–Trinajstić information content (AvgIpc) is 2.75. The lowest BCUT2D eigenvalue weighted by Crippen LogP contribution is -2.41. The Hall–Kier alpha value is -0.570. The zero-order chi connectivity index (χ0) is 13.1. The summed E-state index contributed by atoms with van der Waals surface area (Å²) in [5.41, 5.74) is 6.05. The Balaban J connectivity index is 1.81. The quantitative estimate of drug-likeness (QED) is 0.839. The van der Waals surface area contributed by atoms with Gasteiger partial charge < -0.3 is 10.6 Å². The van der Waals surface area contributed by atoms with Gasteiger partial charge in [-0.25, -0.2) is 0 Å². The highest BCUT2D eigenvalue weighted by molar-refractivity contribution is 5.76. The summed E-state index contributed by atoms with van der Waals surface area (Å²) in [7, 11) is 1.99. The van der Waals surface area contributed by atoms with Crippen LogP contribution in [0.1, 0.15) is 58.3 Å². The molecule has 0 bridgehead atoms. The highest BCUT2D eigenvalue weighted by Gasteiger charge is 2.30. The molecule has 0 saturated heterocycles. The van der Waals surface area contributed by atoms with Crippen LogP contribution < -0.4 is 5.73 Å². The Bertz CT molecular complexity index is 284. The summed E-state index contributed by atoms with van der Waals surface area (Å²) in [6, 6.07) is 0.736. The standard InChI is InChI=1S/C15H28N2O/c1-11-6-8-13(9-7-11)17(2)15(18)10-12-4-3-5-14(12)16/h11-14H,3-10,16H2,1-2H3/t11?,12-,13?,14+/m0/s1. The third-order valence-corrected chi connectivity index (χ3v) is 5.08. The van der Waals surface area contributed by atoms with Crippen molar-refractivity contribution in [1.29, 1.82) is 0 Å². The fourth-order valence-corrected chi connectivity index (χ4v) is 3.52. The molecule has 18 heavy (non-hydrogen) atoms. The molecule has 2 atom stereocenters. The molecule has 0 heterocycles. The van der Waals surface area contributed by atoms with Crippen molar-refractivity contribution < 1.29 is 4.79 Å². The zero-order valence-corrected chi connectivity index (χ0v) is 11.9. The smallest absolute Gasteiger partial charge is 0.222 e. The van der Waals surface area contributed by atoms with Crippen molar-refractivity contribution in [1.82, 2.24) is 4.90 Å². The average molecular weight is 252 g/mol. The molecule has 0 aromatic heterocycles. The van der Waals surface area contributed by atoms with Crippen LogP contribution in [0.2, 0.25) is 0 Å². The van der Waals surface area contributed by atoms with E-state index in [0.717, 1.165) is 18.8 Å². The van der Waals surface area contributed by atoms with Crippen LogP contribution in [0.25, 0.3) is 0 Å². The van der Waals surface area contributed by atoms with Gasteiger partial charge in [-0.2, -0.15) is 0 Å². The Kier molecular flexibility index (Phi) is 4.66. The Morgan fingerprint density at radius 3 is 2.39 bits per heavy atom. The molecule has 2 fully saturated rings. The monoisotopic (exact) mass is 252 g/mol. The molecule has 0 spiro atoms. The Morgan fingerprint density at radius 1 is 1.17 bits per heavy atom. The van der Waals surface area contributed by atoms with Gasteiger partial charge in [0.15, 0.2) is 0 Å². The van der Waals surface area contributed by atoms with Gasteiger partial charge in [0.1, 0.15) is 0 Å². The molecule has 0 aromatic rings. The lowest BCUT2D eigenvalue weighted by atomic mass is 9.86. The first-order valence-electron chi connectivity index (χ1n) is 7.59. The van der Waals surface area contributed by atoms with Crippen molar-refractivity contribution in [3.63, 3.8) is 0 Å². The maximum atomic E-state index is 12.3. The van der Waals surface area contributed by atoms with Crippen molar-refractivity contribution in [3.8, 4) is 0 Å². The molecule has 0 radical (unpaired) electrons. The van der Waals surface area contributed by atoms with Gasteiger partial charge in [0.05, 0.1) is 0 Å². The van der Waals surface area contributed by atoms with Gasteiger partial charge in [-0.1, -0.05) is 13.3 Å². The second-order valence-corrected chi connectivity index (χ2v) is 6.48. The maximum Gasteiger partial charge on any atom is 0.222 e. The fraction of sp³-hybridized carbons (Fsp3) is 0.933. The highest BCUT2D eigenvalue weighted by atomic mass is 16.2. The topological polar surface area (TPSA) is 46.3 Å². The Morgan fingerprint density at radius 2 is 1.83 bits per heavy atom. The number of hydrogen-bond acceptors (Lipinski definition) is 2. The van der Waals surface area contributed by atoms with E-state index in [-0.39, 0.29) is 6.04 Å². The lowest BCUT2D eigenvalue weighted by Gasteiger charge is -2.34. The van der Waals surface area contributed by atoms with Crippen LogP contribution >= 0.6 is 0 Å². The van der Waals surface area contributed by atoms with Crippen molar-refractivity contribution in [3.05, 3.63) is 0 Å². The summed E-state index contributed by atoms with van der Waals surface area (Å²) >= 11 is 0. The number of hydrogen-bond donors (Lipinski definition) is 1. The number of nitrogens with two attached hydrogens (primary N) is 1. The second-order valence-electron chi connectivity index (χ2n) is 6.48. The van der Waals surface area contributed by atoms with E-state index < -0.39 is 0 Å². The van der Waals surface area contributed by atoms with E-state index in [1.807, 2.05) is 11.9 Å². The minimum absolute atomic E-state index is 0.258. The first-order chi connectivity index (χ1) is 8.58. The summed E-state index contributed by atoms with van der Waals surface area (Å²) < 4.78 is 0. The van der Waals surface area contributed by atoms with Gasteiger partial charge in [-0.15, -0.1) is 0 Å². The number of rotatable bonds is 3. The molecule has 1 amide bonds. The largest absolute Gasteiger partial charge is 0.343 e. The molecular formula is C15H28N2O. The van der Waals surface area contributed by atoms with Gasteiger partial charge in [0, 0.05) is 25.6 Å². The number of amides is 1. The van der Waals surface area contributed by atoms with Crippen LogP contribution in [0, 0.1) is 11.8 Å². The highest BCUT2D eigenvalue weighted by Crippen LogP contribution is 2.30. The Labute approximate surface area is 111 Å². The number of carbonyl (C=O) groups is 1. The van der Waals surface area contributed by atoms with Crippen LogP contribution in [-0.4, -0.2) is 29.9 Å². The van der Waals surface area contributed by atoms with Gasteiger partial charge in [0.2, 0.25) is 5.91 Å². The maximum absolute atomic E-state index is 12.3. The second kappa shape index (κ2) is 6.05. The van der Waals surface area contributed by atoms with Crippen LogP contribution in [0.4, 0.5) is 0 Å². The molecule has 104 valence electrons. The molecule has 2 rings (SSSR count). The van der Waals surface area contributed by atoms with E-state index in [4.69, 9.17) is 5.73 Å². The van der Waals surface area contributed by atoms with Crippen molar-refractivity contribution in [2.75, 3.05) is 7.05 Å². The summed E-state index contributed by atoms with van der Waals surface area (Å²) in [6.45, 7) is 2.32. The van der Waals surface area contributed by atoms with Crippen LogP contribution in [0.15, 0.2) is 0 Å². The van der Waals surface area contributed by atoms with E-state index in [2.05, 4.69) is 6.92 Å². The summed E-state index contributed by atoms with van der Waals surface area (Å²) in [5, 5.41) is 0. The molecule has 3 heteroatoms. The first-order valence-corrected chi connectivity index (χ1v) is 7.59. The predicted molar refractivity (Wildman–Crippen MR) is 74.1 cm³/mol. The third kappa shape index (κ3) is 3.25. The summed E-state index contributed by atoms with van der Waals surface area (Å²) in [6.07, 6.45) is 9.01. The van der Waals surface area contributed by atoms with Crippen molar-refractivity contribution >= 4 is 5.91 Å². The number of carbonyl (C=O) groups excluding carboxylic acids is 1. The van der Waals surface area contributed by atoms with Gasteiger partial charge >= 0.3 is 0 Å². The van der Waals surface area contributed by atoms with Crippen molar-refractivity contribution in [2.45, 2.75) is 70.4 Å². The molecule has 2 saturated carbocycles. The van der Waals surface area contributed by atoms with Crippen molar-refractivity contribution in [2.24, 2.45) is 17.6 Å². The normalized spacial score (nSPS) is 36.6. The zero-order valence-electron chi connectivity index (χ0n) is 11.9. The van der Waals surface area contributed by atoms with Crippen LogP contribution in [-0.2, 0) is 4.79 Å². The molecule has 2 aliphatic rings. The summed E-state index contributed by atoms with van der Waals surface area (Å²) in [5.74, 6) is 1.59. The lowest BCUT2D eigenvalue weighted by molar-refractivity contribution is -0.133. The van der Waals surface area contributed by atoms with E-state index in [1.165, 1.54) is 32.1 Å². The first kappa shape index (κ1) is 13.9. The van der Waals surface area contributed by atoms with E-state index in [1.54, 1.807) is 0 Å². The molecular weight excluding hydrogens is 224 g/mol. The minimum Gasteiger partial charge on any atom is -0.343 e. The van der Waals surface area contributed by atoms with Gasteiger partial charge in [-0.3, -0.25) is 4.79 Å². The van der Waals surface area contributed by atoms with Crippen LogP contribution in [0.5, 0.6) is 0 Å². The number of nitrogens with zero attached hydrogens (tertiary/aromatic N) is 1. The molecule has 2 aliphatic carbocycles. The minimum atomic E-state index is 0.258. The SMILES string of the molecule is CC1CCC(N(C)C(=O)C[C@@H]2CCC[C@H]2N)CC1. The van der Waals surface area contributed by atoms with Crippen LogP contribution in [0.3, 0.4) is 0 Å². The molecule has 2 N–H and O–H groups in total. The van der Waals surface area contributed by atoms with E-state index in [9.17, 15) is 4.79 Å². The predicted octanol–water partition coefficient (Wildman–Crippen LogP) is 2.54. The molecule has 0 aliphatic heterocycles. The third-order valence-electron chi connectivity index (χ3n) is 5.08. The van der Waals surface area contributed by atoms with Gasteiger partial charge in [-0.05, 0) is 50.4 Å². The molecule has 3 nitrogen and oxygen atoms in total. The summed E-state index contributed by atoms with van der Waals surface area (Å²) in [4.78, 5) is 14.3. The van der Waals surface area contributed by atoms with E-state index >= 15 is 0 Å². The fourth-order valence-electron chi connectivity index (χ4n) is 3.52. The molecule has 0 unspecified atom stereocenters.